The summed E-state index contributed by atoms with van der Waals surface area (Å²) in [6.07, 6.45) is 3.30. The summed E-state index contributed by atoms with van der Waals surface area (Å²) in [5, 5.41) is 3.04. The molecule has 1 heterocycles. The Morgan fingerprint density at radius 1 is 1.20 bits per heavy atom. The molecule has 1 amide bonds. The van der Waals surface area contributed by atoms with Gasteiger partial charge in [-0.25, -0.2) is 0 Å². The molecule has 0 spiro atoms. The highest BCUT2D eigenvalue weighted by Crippen LogP contribution is 2.24. The maximum absolute atomic E-state index is 12.3. The third-order valence-corrected chi connectivity index (χ3v) is 4.09. The van der Waals surface area contributed by atoms with Gasteiger partial charge in [0.05, 0.1) is 6.04 Å². The average molecular weight is 274 g/mol. The Bertz CT molecular complexity index is 459. The summed E-state index contributed by atoms with van der Waals surface area (Å²) in [6.45, 7) is 7.59. The van der Waals surface area contributed by atoms with Crippen molar-refractivity contribution in [3.05, 3.63) is 29.8 Å². The largest absolute Gasteiger partial charge is 0.325 e. The number of piperidine rings is 1. The number of nitrogens with one attached hydrogen (secondary N) is 1. The van der Waals surface area contributed by atoms with E-state index < -0.39 is 0 Å². The minimum atomic E-state index is 0.0195. The second-order valence-corrected chi connectivity index (χ2v) is 6.81. The van der Waals surface area contributed by atoms with E-state index in [1.807, 2.05) is 19.2 Å². The Kier molecular flexibility index (Phi) is 4.48. The number of likely N-dealkylation sites (tertiary alicyclic amines) is 1. The number of carbonyl (C=O) groups excluding carboxylic acids is 1. The number of hydrogen-bond donors (Lipinski definition) is 1. The minimum Gasteiger partial charge on any atom is -0.325 e. The minimum absolute atomic E-state index is 0.0195. The standard InChI is InChI=1S/C17H26N2O/c1-17(2,3)13-8-10-14(11-9-13)18-16(20)15-7-5-6-12-19(15)4/h8-11,15H,5-7,12H2,1-4H3,(H,18,20). The van der Waals surface area contributed by atoms with Crippen molar-refractivity contribution in [2.24, 2.45) is 0 Å². The molecule has 1 unspecified atom stereocenters. The fourth-order valence-electron chi connectivity index (χ4n) is 2.69. The van der Waals surface area contributed by atoms with E-state index in [2.05, 4.69) is 43.1 Å². The smallest absolute Gasteiger partial charge is 0.241 e. The Morgan fingerprint density at radius 2 is 1.85 bits per heavy atom. The van der Waals surface area contributed by atoms with E-state index in [1.54, 1.807) is 0 Å². The first-order valence-electron chi connectivity index (χ1n) is 7.49. The molecule has 0 aliphatic carbocycles. The molecule has 0 bridgehead atoms. The quantitative estimate of drug-likeness (QED) is 0.896. The van der Waals surface area contributed by atoms with Crippen LogP contribution in [-0.4, -0.2) is 30.4 Å². The highest BCUT2D eigenvalue weighted by Gasteiger charge is 2.25. The highest BCUT2D eigenvalue weighted by atomic mass is 16.2. The predicted octanol–water partition coefficient (Wildman–Crippen LogP) is 3.41. The third kappa shape index (κ3) is 3.60. The van der Waals surface area contributed by atoms with Crippen molar-refractivity contribution in [1.29, 1.82) is 0 Å². The third-order valence-electron chi connectivity index (χ3n) is 4.09. The van der Waals surface area contributed by atoms with Crippen molar-refractivity contribution in [1.82, 2.24) is 4.90 Å². The van der Waals surface area contributed by atoms with Crippen LogP contribution >= 0.6 is 0 Å². The summed E-state index contributed by atoms with van der Waals surface area (Å²) < 4.78 is 0. The lowest BCUT2D eigenvalue weighted by atomic mass is 9.87. The average Bonchev–Trinajstić information content (AvgIpc) is 2.38. The highest BCUT2D eigenvalue weighted by molar-refractivity contribution is 5.94. The van der Waals surface area contributed by atoms with Gasteiger partial charge in [0, 0.05) is 5.69 Å². The zero-order valence-corrected chi connectivity index (χ0v) is 13.1. The Labute approximate surface area is 122 Å². The lowest BCUT2D eigenvalue weighted by Gasteiger charge is -2.31. The first-order valence-corrected chi connectivity index (χ1v) is 7.49. The zero-order valence-electron chi connectivity index (χ0n) is 13.1. The summed E-state index contributed by atoms with van der Waals surface area (Å²) in [5.41, 5.74) is 2.32. The molecule has 3 nitrogen and oxygen atoms in total. The van der Waals surface area contributed by atoms with Crippen molar-refractivity contribution < 1.29 is 4.79 Å². The molecular weight excluding hydrogens is 248 g/mol. The normalized spacial score (nSPS) is 20.7. The SMILES string of the molecule is CN1CCCCC1C(=O)Nc1ccc(C(C)(C)C)cc1. The van der Waals surface area contributed by atoms with Gasteiger partial charge in [-0.2, -0.15) is 0 Å². The van der Waals surface area contributed by atoms with Crippen LogP contribution < -0.4 is 5.32 Å². The van der Waals surface area contributed by atoms with Crippen LogP contribution in [0.15, 0.2) is 24.3 Å². The van der Waals surface area contributed by atoms with Crippen LogP contribution in [0.1, 0.15) is 45.6 Å². The fourth-order valence-corrected chi connectivity index (χ4v) is 2.69. The fraction of sp³-hybridized carbons (Fsp3) is 0.588. The second kappa shape index (κ2) is 5.96. The summed E-state index contributed by atoms with van der Waals surface area (Å²) in [4.78, 5) is 14.5. The molecule has 1 atom stereocenters. The van der Waals surface area contributed by atoms with Gasteiger partial charge in [0.15, 0.2) is 0 Å². The molecule has 0 radical (unpaired) electrons. The van der Waals surface area contributed by atoms with E-state index in [9.17, 15) is 4.79 Å². The summed E-state index contributed by atoms with van der Waals surface area (Å²) in [7, 11) is 2.03. The predicted molar refractivity (Wildman–Crippen MR) is 84.0 cm³/mol. The van der Waals surface area contributed by atoms with E-state index in [-0.39, 0.29) is 17.4 Å². The number of rotatable bonds is 2. The molecule has 1 aliphatic rings. The van der Waals surface area contributed by atoms with Crippen LogP contribution in [0.4, 0.5) is 5.69 Å². The van der Waals surface area contributed by atoms with E-state index in [4.69, 9.17) is 0 Å². The monoisotopic (exact) mass is 274 g/mol. The van der Waals surface area contributed by atoms with E-state index >= 15 is 0 Å². The second-order valence-electron chi connectivity index (χ2n) is 6.81. The molecule has 1 saturated heterocycles. The zero-order chi connectivity index (χ0) is 14.8. The molecule has 1 aliphatic heterocycles. The van der Waals surface area contributed by atoms with Crippen LogP contribution in [0.25, 0.3) is 0 Å². The first kappa shape index (κ1) is 15.0. The summed E-state index contributed by atoms with van der Waals surface area (Å²) in [5.74, 6) is 0.121. The molecule has 110 valence electrons. The molecule has 1 fully saturated rings. The number of hydrogen-bond acceptors (Lipinski definition) is 2. The maximum atomic E-state index is 12.3. The number of carbonyl (C=O) groups is 1. The lowest BCUT2D eigenvalue weighted by Crippen LogP contribution is -2.44. The van der Waals surface area contributed by atoms with Crippen molar-refractivity contribution in [2.75, 3.05) is 18.9 Å². The molecule has 1 aromatic rings. The number of nitrogens with zero attached hydrogens (tertiary/aromatic N) is 1. The van der Waals surface area contributed by atoms with Gasteiger partial charge in [0.25, 0.3) is 0 Å². The van der Waals surface area contributed by atoms with Gasteiger partial charge in [-0.15, -0.1) is 0 Å². The van der Waals surface area contributed by atoms with Crippen molar-refractivity contribution >= 4 is 11.6 Å². The van der Waals surface area contributed by atoms with E-state index in [0.29, 0.717) is 0 Å². The van der Waals surface area contributed by atoms with Crippen molar-refractivity contribution in [3.63, 3.8) is 0 Å². The molecule has 2 rings (SSSR count). The van der Waals surface area contributed by atoms with Crippen molar-refractivity contribution in [3.8, 4) is 0 Å². The molecule has 1 N–H and O–H groups in total. The van der Waals surface area contributed by atoms with Gasteiger partial charge in [-0.3, -0.25) is 9.69 Å². The number of anilines is 1. The Morgan fingerprint density at radius 3 is 2.40 bits per heavy atom. The van der Waals surface area contributed by atoms with E-state index in [1.165, 1.54) is 12.0 Å². The number of benzene rings is 1. The summed E-state index contributed by atoms with van der Waals surface area (Å²) in [6, 6.07) is 8.22. The van der Waals surface area contributed by atoms with Crippen LogP contribution in [0.2, 0.25) is 0 Å². The topological polar surface area (TPSA) is 32.3 Å². The summed E-state index contributed by atoms with van der Waals surface area (Å²) >= 11 is 0. The van der Waals surface area contributed by atoms with Gasteiger partial charge in [-0.05, 0) is 49.5 Å². The van der Waals surface area contributed by atoms with E-state index in [0.717, 1.165) is 25.1 Å². The lowest BCUT2D eigenvalue weighted by molar-refractivity contribution is -0.121. The van der Waals surface area contributed by atoms with Gasteiger partial charge in [-0.1, -0.05) is 39.3 Å². The maximum Gasteiger partial charge on any atom is 0.241 e. The molecule has 0 aromatic heterocycles. The molecular formula is C17H26N2O. The van der Waals surface area contributed by atoms with Crippen molar-refractivity contribution in [2.45, 2.75) is 51.5 Å². The van der Waals surface area contributed by atoms with Crippen LogP contribution in [0, 0.1) is 0 Å². The Balaban J connectivity index is 2.01. The van der Waals surface area contributed by atoms with Gasteiger partial charge in [0.1, 0.15) is 0 Å². The first-order chi connectivity index (χ1) is 9.38. The van der Waals surface area contributed by atoms with Gasteiger partial charge < -0.3 is 5.32 Å². The molecule has 0 saturated carbocycles. The van der Waals surface area contributed by atoms with Crippen LogP contribution in [-0.2, 0) is 10.2 Å². The van der Waals surface area contributed by atoms with Crippen LogP contribution in [0.5, 0.6) is 0 Å². The van der Waals surface area contributed by atoms with Gasteiger partial charge in [0.2, 0.25) is 5.91 Å². The molecule has 1 aromatic carbocycles. The molecule has 3 heteroatoms. The Hall–Kier alpha value is -1.35. The van der Waals surface area contributed by atoms with Gasteiger partial charge >= 0.3 is 0 Å². The molecule has 20 heavy (non-hydrogen) atoms. The van der Waals surface area contributed by atoms with Crippen LogP contribution in [0.3, 0.4) is 0 Å². The number of likely N-dealkylation sites (N-methyl/N-ethyl adjacent to an activating group) is 1. The number of amides is 1.